The number of aromatic nitrogens is 2. The molecule has 1 saturated carbocycles. The molecule has 1 aromatic carbocycles. The first kappa shape index (κ1) is 17.8. The molecule has 0 atom stereocenters. The number of hydrogen-bond donors (Lipinski definition) is 1. The van der Waals surface area contributed by atoms with E-state index in [9.17, 15) is 0 Å². The molecule has 0 bridgehead atoms. The molecule has 25 heavy (non-hydrogen) atoms. The van der Waals surface area contributed by atoms with Crippen LogP contribution in [-0.4, -0.2) is 54.8 Å². The smallest absolute Gasteiger partial charge is 0.137 e. The van der Waals surface area contributed by atoms with Gasteiger partial charge in [-0.25, -0.2) is 9.97 Å². The minimum atomic E-state index is 0.488. The molecule has 0 saturated heterocycles. The number of anilines is 1. The maximum Gasteiger partial charge on any atom is 0.137 e. The van der Waals surface area contributed by atoms with Crippen molar-refractivity contribution in [1.29, 1.82) is 0 Å². The second kappa shape index (κ2) is 8.41. The van der Waals surface area contributed by atoms with Gasteiger partial charge in [0.2, 0.25) is 0 Å². The van der Waals surface area contributed by atoms with E-state index in [0.29, 0.717) is 18.7 Å². The number of nitrogens with one attached hydrogen (secondary N) is 1. The van der Waals surface area contributed by atoms with Gasteiger partial charge in [0, 0.05) is 24.6 Å². The zero-order chi connectivity index (χ0) is 17.6. The molecule has 1 heterocycles. The molecule has 1 aliphatic rings. The number of ether oxygens (including phenoxy) is 1. The van der Waals surface area contributed by atoms with Crippen LogP contribution in [-0.2, 0) is 4.74 Å². The number of nitrogens with zero attached hydrogens (tertiary/aromatic N) is 3. The lowest BCUT2D eigenvalue weighted by Crippen LogP contribution is -2.36. The monoisotopic (exact) mass is 340 g/mol. The Labute approximate surface area is 150 Å². The van der Waals surface area contributed by atoms with Crippen LogP contribution in [0.5, 0.6) is 0 Å². The lowest BCUT2D eigenvalue weighted by molar-refractivity contribution is 0.221. The van der Waals surface area contributed by atoms with Crippen LogP contribution in [0.4, 0.5) is 5.82 Å². The standard InChI is InChI=1S/C20H28N4O/c1-24(2)17-9-7-16(8-10-17)23-20-18-13-15(5-4-12-25-3)6-11-19(18)21-14-22-20/h4-6,11,13-14,16-17H,7-10,12H2,1-3H3,(H,21,22,23)/b5-4+/t16-,17-. The van der Waals surface area contributed by atoms with E-state index in [1.165, 1.54) is 25.7 Å². The highest BCUT2D eigenvalue weighted by molar-refractivity contribution is 5.90. The Morgan fingerprint density at radius 3 is 2.72 bits per heavy atom. The normalized spacial score (nSPS) is 21.3. The van der Waals surface area contributed by atoms with Crippen LogP contribution in [0.1, 0.15) is 31.2 Å². The highest BCUT2D eigenvalue weighted by Crippen LogP contribution is 2.27. The van der Waals surface area contributed by atoms with Gasteiger partial charge in [-0.15, -0.1) is 0 Å². The van der Waals surface area contributed by atoms with Crippen LogP contribution < -0.4 is 5.32 Å². The van der Waals surface area contributed by atoms with Gasteiger partial charge in [-0.1, -0.05) is 18.2 Å². The van der Waals surface area contributed by atoms with Gasteiger partial charge in [-0.3, -0.25) is 0 Å². The zero-order valence-electron chi connectivity index (χ0n) is 15.4. The molecular weight excluding hydrogens is 312 g/mol. The average Bonchev–Trinajstić information content (AvgIpc) is 2.63. The van der Waals surface area contributed by atoms with Crippen LogP contribution >= 0.6 is 0 Å². The number of rotatable bonds is 6. The van der Waals surface area contributed by atoms with Gasteiger partial charge in [-0.2, -0.15) is 0 Å². The second-order valence-corrected chi connectivity index (χ2v) is 6.97. The molecule has 0 radical (unpaired) electrons. The minimum Gasteiger partial charge on any atom is -0.381 e. The molecule has 0 spiro atoms. The third-order valence-electron chi connectivity index (χ3n) is 5.00. The van der Waals surface area contributed by atoms with Gasteiger partial charge < -0.3 is 15.0 Å². The van der Waals surface area contributed by atoms with Gasteiger partial charge in [0.25, 0.3) is 0 Å². The zero-order valence-corrected chi connectivity index (χ0v) is 15.4. The van der Waals surface area contributed by atoms with Gasteiger partial charge >= 0.3 is 0 Å². The quantitative estimate of drug-likeness (QED) is 0.871. The van der Waals surface area contributed by atoms with Crippen LogP contribution in [0.3, 0.4) is 0 Å². The molecule has 0 amide bonds. The van der Waals surface area contributed by atoms with Crippen LogP contribution in [0.25, 0.3) is 17.0 Å². The molecule has 5 heteroatoms. The summed E-state index contributed by atoms with van der Waals surface area (Å²) in [6.45, 7) is 0.615. The van der Waals surface area contributed by atoms with Gasteiger partial charge in [0.05, 0.1) is 12.1 Å². The summed E-state index contributed by atoms with van der Waals surface area (Å²) in [5.41, 5.74) is 2.11. The summed E-state index contributed by atoms with van der Waals surface area (Å²) < 4.78 is 5.07. The van der Waals surface area contributed by atoms with Crippen molar-refractivity contribution in [2.75, 3.05) is 33.1 Å². The summed E-state index contributed by atoms with van der Waals surface area (Å²) in [6.07, 6.45) is 10.6. The second-order valence-electron chi connectivity index (χ2n) is 6.97. The predicted molar refractivity (Wildman–Crippen MR) is 104 cm³/mol. The Balaban J connectivity index is 1.75. The molecule has 0 aliphatic heterocycles. The van der Waals surface area contributed by atoms with E-state index in [4.69, 9.17) is 4.74 Å². The maximum atomic E-state index is 5.07. The molecule has 134 valence electrons. The van der Waals surface area contributed by atoms with Crippen molar-refractivity contribution in [3.63, 3.8) is 0 Å². The van der Waals surface area contributed by atoms with Gasteiger partial charge in [0.1, 0.15) is 12.1 Å². The number of methoxy groups -OCH3 is 1. The molecule has 1 aliphatic carbocycles. The van der Waals surface area contributed by atoms with Crippen molar-refractivity contribution in [2.45, 2.75) is 37.8 Å². The first-order valence-electron chi connectivity index (χ1n) is 9.00. The first-order valence-corrected chi connectivity index (χ1v) is 9.00. The number of fused-ring (bicyclic) bond motifs is 1. The molecule has 0 unspecified atom stereocenters. The lowest BCUT2D eigenvalue weighted by Gasteiger charge is -2.33. The largest absolute Gasteiger partial charge is 0.381 e. The third kappa shape index (κ3) is 4.55. The SMILES string of the molecule is COC/C=C/c1ccc2ncnc(N[C@H]3CC[C@H](N(C)C)CC3)c2c1. The summed E-state index contributed by atoms with van der Waals surface area (Å²) >= 11 is 0. The van der Waals surface area contributed by atoms with Crippen molar-refractivity contribution in [2.24, 2.45) is 0 Å². The molecule has 1 aromatic heterocycles. The molecule has 3 rings (SSSR count). The molecule has 2 aromatic rings. The van der Waals surface area contributed by atoms with E-state index in [1.807, 2.05) is 6.08 Å². The van der Waals surface area contributed by atoms with Crippen molar-refractivity contribution < 1.29 is 4.74 Å². The van der Waals surface area contributed by atoms with E-state index in [2.05, 4.69) is 58.6 Å². The molecule has 1 N–H and O–H groups in total. The molecule has 1 fully saturated rings. The summed E-state index contributed by atoms with van der Waals surface area (Å²) in [7, 11) is 6.05. The summed E-state index contributed by atoms with van der Waals surface area (Å²) in [4.78, 5) is 11.3. The Morgan fingerprint density at radius 2 is 2.00 bits per heavy atom. The van der Waals surface area contributed by atoms with Crippen LogP contribution in [0.2, 0.25) is 0 Å². The van der Waals surface area contributed by atoms with Crippen molar-refractivity contribution in [1.82, 2.24) is 14.9 Å². The number of hydrogen-bond acceptors (Lipinski definition) is 5. The predicted octanol–water partition coefficient (Wildman–Crippen LogP) is 3.57. The molecular formula is C20H28N4O. The Hall–Kier alpha value is -1.98. The summed E-state index contributed by atoms with van der Waals surface area (Å²) in [5.74, 6) is 0.945. The van der Waals surface area contributed by atoms with E-state index >= 15 is 0 Å². The fraction of sp³-hybridized carbons (Fsp3) is 0.500. The minimum absolute atomic E-state index is 0.488. The first-order chi connectivity index (χ1) is 12.2. The highest BCUT2D eigenvalue weighted by Gasteiger charge is 2.22. The number of benzene rings is 1. The summed E-state index contributed by atoms with van der Waals surface area (Å²) in [5, 5.41) is 4.74. The van der Waals surface area contributed by atoms with Gasteiger partial charge in [-0.05, 0) is 57.5 Å². The Bertz CT molecular complexity index is 721. The fourth-order valence-corrected chi connectivity index (χ4v) is 3.50. The molecule has 5 nitrogen and oxygen atoms in total. The van der Waals surface area contributed by atoms with Crippen molar-refractivity contribution in [3.05, 3.63) is 36.2 Å². The van der Waals surface area contributed by atoms with Gasteiger partial charge in [0.15, 0.2) is 0 Å². The topological polar surface area (TPSA) is 50.3 Å². The van der Waals surface area contributed by atoms with Crippen molar-refractivity contribution >= 4 is 22.8 Å². The highest BCUT2D eigenvalue weighted by atomic mass is 16.5. The van der Waals surface area contributed by atoms with E-state index in [-0.39, 0.29) is 0 Å². The third-order valence-corrected chi connectivity index (χ3v) is 5.00. The van der Waals surface area contributed by atoms with E-state index in [1.54, 1.807) is 13.4 Å². The summed E-state index contributed by atoms with van der Waals surface area (Å²) in [6, 6.07) is 7.47. The van der Waals surface area contributed by atoms with Crippen molar-refractivity contribution in [3.8, 4) is 0 Å². The lowest BCUT2D eigenvalue weighted by atomic mass is 9.90. The fourth-order valence-electron chi connectivity index (χ4n) is 3.50. The van der Waals surface area contributed by atoms with Crippen LogP contribution in [0.15, 0.2) is 30.6 Å². The van der Waals surface area contributed by atoms with E-state index < -0.39 is 0 Å². The van der Waals surface area contributed by atoms with E-state index in [0.717, 1.165) is 22.3 Å². The Morgan fingerprint density at radius 1 is 1.20 bits per heavy atom. The Kier molecular flexibility index (Phi) is 6.00. The maximum absolute atomic E-state index is 5.07. The average molecular weight is 340 g/mol. The van der Waals surface area contributed by atoms with Crippen LogP contribution in [0, 0.1) is 0 Å².